The summed E-state index contributed by atoms with van der Waals surface area (Å²) in [6.07, 6.45) is 0.626. The lowest BCUT2D eigenvalue weighted by Crippen LogP contribution is -2.44. The summed E-state index contributed by atoms with van der Waals surface area (Å²) >= 11 is 1.59. The summed E-state index contributed by atoms with van der Waals surface area (Å²) in [4.78, 5) is 29.9. The molecule has 0 saturated carbocycles. The molecule has 1 aromatic carbocycles. The van der Waals surface area contributed by atoms with E-state index in [0.29, 0.717) is 32.7 Å². The number of hydrogen-bond acceptors (Lipinski definition) is 5. The molecule has 8 heteroatoms. The molecule has 6 nitrogen and oxygen atoms in total. The van der Waals surface area contributed by atoms with E-state index in [1.54, 1.807) is 35.5 Å². The molecule has 1 aromatic heterocycles. The van der Waals surface area contributed by atoms with E-state index in [1.807, 2.05) is 18.4 Å². The zero-order valence-corrected chi connectivity index (χ0v) is 18.5. The number of benzene rings is 1. The molecule has 0 unspecified atom stereocenters. The van der Waals surface area contributed by atoms with Gasteiger partial charge in [0.2, 0.25) is 11.8 Å². The van der Waals surface area contributed by atoms with Gasteiger partial charge in [0.05, 0.1) is 13.1 Å². The minimum absolute atomic E-state index is 0.0441. The molecule has 0 aliphatic rings. The molecule has 0 aliphatic carbocycles. The highest BCUT2D eigenvalue weighted by atomic mass is 32.1. The Labute approximate surface area is 181 Å². The molecule has 2 amide bonds. The predicted molar refractivity (Wildman–Crippen MR) is 115 cm³/mol. The van der Waals surface area contributed by atoms with Crippen LogP contribution in [0.15, 0.2) is 35.7 Å². The molecule has 30 heavy (non-hydrogen) atoms. The Balaban J connectivity index is 2.16. The lowest BCUT2D eigenvalue weighted by molar-refractivity contribution is -0.143. The summed E-state index contributed by atoms with van der Waals surface area (Å²) in [5, 5.41) is 1.99. The van der Waals surface area contributed by atoms with Crippen molar-refractivity contribution >= 4 is 23.2 Å². The fourth-order valence-electron chi connectivity index (χ4n) is 2.95. The maximum atomic E-state index is 13.3. The fourth-order valence-corrected chi connectivity index (χ4v) is 3.87. The third kappa shape index (κ3) is 7.51. The van der Waals surface area contributed by atoms with Crippen LogP contribution in [0.3, 0.4) is 0 Å². The number of thiophene rings is 1. The van der Waals surface area contributed by atoms with Gasteiger partial charge in [0.1, 0.15) is 12.4 Å². The highest BCUT2D eigenvalue weighted by Gasteiger charge is 2.22. The quantitative estimate of drug-likeness (QED) is 0.480. The average molecular weight is 437 g/mol. The molecule has 0 aliphatic heterocycles. The first kappa shape index (κ1) is 24.0. The molecule has 164 valence electrons. The Morgan fingerprint density at radius 1 is 1.00 bits per heavy atom. The zero-order valence-electron chi connectivity index (χ0n) is 17.7. The number of carbonyl (C=O) groups excluding carboxylic acids is 2. The molecular weight excluding hydrogens is 407 g/mol. The first-order valence-corrected chi connectivity index (χ1v) is 10.6. The number of carbonyl (C=O) groups is 2. The summed E-state index contributed by atoms with van der Waals surface area (Å²) in [7, 11) is 3.05. The van der Waals surface area contributed by atoms with Gasteiger partial charge in [0.25, 0.3) is 0 Å². The Kier molecular flexibility index (Phi) is 9.93. The average Bonchev–Trinajstić information content (AvgIpc) is 3.13. The maximum absolute atomic E-state index is 13.3. The molecular formula is C22H29FN2O4S. The first-order chi connectivity index (χ1) is 14.4. The molecule has 2 rings (SSSR count). The van der Waals surface area contributed by atoms with Crippen LogP contribution in [0, 0.1) is 12.7 Å². The topological polar surface area (TPSA) is 59.1 Å². The number of halogens is 1. The van der Waals surface area contributed by atoms with Crippen molar-refractivity contribution in [3.05, 3.63) is 57.5 Å². The molecule has 2 aromatic rings. The van der Waals surface area contributed by atoms with Crippen LogP contribution in [-0.4, -0.2) is 62.1 Å². The normalized spacial score (nSPS) is 10.8. The summed E-state index contributed by atoms with van der Waals surface area (Å²) < 4.78 is 23.3. The second-order valence-corrected chi connectivity index (χ2v) is 8.00. The largest absolute Gasteiger partial charge is 0.385 e. The van der Waals surface area contributed by atoms with Crippen molar-refractivity contribution in [2.45, 2.75) is 26.4 Å². The molecule has 0 fully saturated rings. The van der Waals surface area contributed by atoms with E-state index in [1.165, 1.54) is 24.1 Å². The van der Waals surface area contributed by atoms with Gasteiger partial charge >= 0.3 is 0 Å². The van der Waals surface area contributed by atoms with Gasteiger partial charge in [-0.3, -0.25) is 9.59 Å². The summed E-state index contributed by atoms with van der Waals surface area (Å²) in [6, 6.07) is 8.12. The van der Waals surface area contributed by atoms with Crippen molar-refractivity contribution in [1.29, 1.82) is 0 Å². The number of aryl methyl sites for hydroxylation is 1. The van der Waals surface area contributed by atoms with E-state index < -0.39 is 0 Å². The highest BCUT2D eigenvalue weighted by molar-refractivity contribution is 7.10. The second kappa shape index (κ2) is 12.4. The number of ether oxygens (including phenoxy) is 2. The van der Waals surface area contributed by atoms with E-state index in [2.05, 4.69) is 0 Å². The molecule has 0 saturated heterocycles. The van der Waals surface area contributed by atoms with Crippen LogP contribution >= 0.6 is 11.3 Å². The van der Waals surface area contributed by atoms with Gasteiger partial charge in [0, 0.05) is 38.8 Å². The van der Waals surface area contributed by atoms with Gasteiger partial charge in [-0.05, 0) is 48.1 Å². The van der Waals surface area contributed by atoms with Gasteiger partial charge in [-0.15, -0.1) is 11.3 Å². The van der Waals surface area contributed by atoms with Gasteiger partial charge in [-0.25, -0.2) is 4.39 Å². The van der Waals surface area contributed by atoms with Crippen molar-refractivity contribution in [2.24, 2.45) is 0 Å². The maximum Gasteiger partial charge on any atom is 0.249 e. The van der Waals surface area contributed by atoms with Gasteiger partial charge < -0.3 is 19.3 Å². The summed E-state index contributed by atoms with van der Waals surface area (Å²) in [5.74, 6) is -0.731. The van der Waals surface area contributed by atoms with Crippen molar-refractivity contribution in [1.82, 2.24) is 9.80 Å². The van der Waals surface area contributed by atoms with Gasteiger partial charge in [0.15, 0.2) is 0 Å². The molecule has 0 N–H and O–H groups in total. The van der Waals surface area contributed by atoms with Crippen LogP contribution < -0.4 is 0 Å². The van der Waals surface area contributed by atoms with Crippen LogP contribution in [0.4, 0.5) is 4.39 Å². The molecule has 0 bridgehead atoms. The smallest absolute Gasteiger partial charge is 0.249 e. The standard InChI is InChI=1S/C22H29FN2O4S/c1-17-9-12-30-20(17)14-25(13-18-5-7-19(23)8-6-18)21(26)15-24(10-4-11-28-2)22(27)16-29-3/h5-9,12H,4,10-11,13-16H2,1-3H3. The van der Waals surface area contributed by atoms with Crippen LogP contribution in [0.1, 0.15) is 22.4 Å². The summed E-state index contributed by atoms with van der Waals surface area (Å²) in [6.45, 7) is 3.55. The lowest BCUT2D eigenvalue weighted by Gasteiger charge is -2.28. The SMILES string of the molecule is COCCCN(CC(=O)N(Cc1ccc(F)cc1)Cc1sccc1C)C(=O)COC. The van der Waals surface area contributed by atoms with Crippen molar-refractivity contribution in [2.75, 3.05) is 40.5 Å². The zero-order chi connectivity index (χ0) is 21.9. The molecule has 0 spiro atoms. The minimum atomic E-state index is -0.319. The van der Waals surface area contributed by atoms with E-state index in [9.17, 15) is 14.0 Å². The number of rotatable bonds is 12. The van der Waals surface area contributed by atoms with Crippen molar-refractivity contribution in [3.8, 4) is 0 Å². The van der Waals surface area contributed by atoms with E-state index in [-0.39, 0.29) is 30.8 Å². The van der Waals surface area contributed by atoms with Crippen LogP contribution in [0.25, 0.3) is 0 Å². The third-order valence-electron chi connectivity index (χ3n) is 4.67. The van der Waals surface area contributed by atoms with E-state index >= 15 is 0 Å². The number of nitrogens with zero attached hydrogens (tertiary/aromatic N) is 2. The monoisotopic (exact) mass is 436 g/mol. The second-order valence-electron chi connectivity index (χ2n) is 7.00. The van der Waals surface area contributed by atoms with Crippen LogP contribution in [-0.2, 0) is 32.2 Å². The number of methoxy groups -OCH3 is 2. The Morgan fingerprint density at radius 2 is 1.73 bits per heavy atom. The van der Waals surface area contributed by atoms with Gasteiger partial charge in [-0.1, -0.05) is 12.1 Å². The van der Waals surface area contributed by atoms with Crippen LogP contribution in [0.2, 0.25) is 0 Å². The van der Waals surface area contributed by atoms with Crippen LogP contribution in [0.5, 0.6) is 0 Å². The number of amides is 2. The predicted octanol–water partition coefficient (Wildman–Crippen LogP) is 3.24. The van der Waals surface area contributed by atoms with Gasteiger partial charge in [-0.2, -0.15) is 0 Å². The Hall–Kier alpha value is -2.29. The molecule has 1 heterocycles. The number of hydrogen-bond donors (Lipinski definition) is 0. The first-order valence-electron chi connectivity index (χ1n) is 9.75. The minimum Gasteiger partial charge on any atom is -0.385 e. The Bertz CT molecular complexity index is 810. The molecule has 0 atom stereocenters. The van der Waals surface area contributed by atoms with E-state index in [4.69, 9.17) is 9.47 Å². The van der Waals surface area contributed by atoms with Crippen molar-refractivity contribution < 1.29 is 23.5 Å². The highest BCUT2D eigenvalue weighted by Crippen LogP contribution is 2.20. The summed E-state index contributed by atoms with van der Waals surface area (Å²) in [5.41, 5.74) is 1.94. The van der Waals surface area contributed by atoms with Crippen molar-refractivity contribution in [3.63, 3.8) is 0 Å². The fraction of sp³-hybridized carbons (Fsp3) is 0.455. The molecule has 0 radical (unpaired) electrons. The lowest BCUT2D eigenvalue weighted by atomic mass is 10.2. The van der Waals surface area contributed by atoms with E-state index in [0.717, 1.165) is 16.0 Å². The third-order valence-corrected chi connectivity index (χ3v) is 5.67. The Morgan fingerprint density at radius 3 is 2.33 bits per heavy atom.